The van der Waals surface area contributed by atoms with E-state index in [9.17, 15) is 19.2 Å². The molecule has 1 saturated heterocycles. The Balaban J connectivity index is 1.39. The number of carbonyl (C=O) groups is 3. The van der Waals surface area contributed by atoms with Crippen LogP contribution < -0.4 is 15.2 Å². The molecule has 1 unspecified atom stereocenters. The average molecular weight is 786 g/mol. The van der Waals surface area contributed by atoms with E-state index >= 15 is 8.78 Å². The van der Waals surface area contributed by atoms with Gasteiger partial charge in [0.1, 0.15) is 22.4 Å². The van der Waals surface area contributed by atoms with Gasteiger partial charge in [-0.15, -0.1) is 0 Å². The monoisotopic (exact) mass is 785 g/mol. The lowest BCUT2D eigenvalue weighted by atomic mass is 9.85. The highest BCUT2D eigenvalue weighted by molar-refractivity contribution is 6.00. The normalized spacial score (nSPS) is 17.0. The second-order valence-electron chi connectivity index (χ2n) is 17.5. The summed E-state index contributed by atoms with van der Waals surface area (Å²) in [6.07, 6.45) is 6.78. The molecule has 0 radical (unpaired) electrons. The minimum Gasteiger partial charge on any atom is -0.462 e. The summed E-state index contributed by atoms with van der Waals surface area (Å²) in [6.45, 7) is 13.5. The van der Waals surface area contributed by atoms with Crippen LogP contribution in [-0.4, -0.2) is 70.5 Å². The first-order chi connectivity index (χ1) is 26.7. The maximum atomic E-state index is 16.4. The van der Waals surface area contributed by atoms with Gasteiger partial charge >= 0.3 is 18.0 Å². The summed E-state index contributed by atoms with van der Waals surface area (Å²) in [7, 11) is 3.13. The number of anilines is 2. The van der Waals surface area contributed by atoms with E-state index in [2.05, 4.69) is 9.88 Å². The Kier molecular flexibility index (Phi) is 9.93. The van der Waals surface area contributed by atoms with E-state index in [0.717, 1.165) is 25.3 Å². The van der Waals surface area contributed by atoms with Crippen LogP contribution in [0.1, 0.15) is 95.8 Å². The molecular formula is C43H49F2N5O7. The predicted molar refractivity (Wildman–Crippen MR) is 211 cm³/mol. The van der Waals surface area contributed by atoms with Gasteiger partial charge < -0.3 is 23.7 Å². The predicted octanol–water partition coefficient (Wildman–Crippen LogP) is 7.73. The highest BCUT2D eigenvalue weighted by Gasteiger charge is 2.53. The fourth-order valence-electron chi connectivity index (χ4n) is 8.35. The number of aryl methyl sites for hydroxylation is 1. The zero-order valence-electron chi connectivity index (χ0n) is 34.0. The third-order valence-electron chi connectivity index (χ3n) is 11.1. The average Bonchev–Trinajstić information content (AvgIpc) is 3.53. The van der Waals surface area contributed by atoms with Gasteiger partial charge in [-0.25, -0.2) is 23.4 Å². The van der Waals surface area contributed by atoms with Crippen LogP contribution in [0.25, 0.3) is 33.3 Å². The molecule has 302 valence electrons. The van der Waals surface area contributed by atoms with E-state index in [-0.39, 0.29) is 59.0 Å². The second kappa shape index (κ2) is 14.2. The number of aromatic nitrogens is 3. The topological polar surface area (TPSA) is 133 Å². The first kappa shape index (κ1) is 39.8. The van der Waals surface area contributed by atoms with Crippen LogP contribution in [0.2, 0.25) is 0 Å². The minimum absolute atomic E-state index is 0.00708. The van der Waals surface area contributed by atoms with Crippen LogP contribution in [0.4, 0.5) is 25.0 Å². The molecule has 57 heavy (non-hydrogen) atoms. The summed E-state index contributed by atoms with van der Waals surface area (Å²) in [4.78, 5) is 65.7. The zero-order valence-corrected chi connectivity index (χ0v) is 34.0. The van der Waals surface area contributed by atoms with Crippen molar-refractivity contribution in [2.45, 2.75) is 91.8 Å². The number of fused-ring (bicyclic) bond motifs is 4. The Hall–Kier alpha value is -5.40. The molecule has 3 aromatic heterocycles. The molecule has 0 N–H and O–H groups in total. The molecule has 1 aliphatic heterocycles. The van der Waals surface area contributed by atoms with Crippen LogP contribution >= 0.6 is 0 Å². The minimum atomic E-state index is -1.14. The van der Waals surface area contributed by atoms with Crippen molar-refractivity contribution in [3.05, 3.63) is 69.4 Å². The van der Waals surface area contributed by atoms with Crippen molar-refractivity contribution in [2.75, 3.05) is 36.5 Å². The molecule has 2 aliphatic carbocycles. The van der Waals surface area contributed by atoms with Crippen molar-refractivity contribution in [2.24, 2.45) is 18.4 Å². The number of esters is 2. The van der Waals surface area contributed by atoms with Gasteiger partial charge in [0.05, 0.1) is 35.5 Å². The molecule has 14 heteroatoms. The van der Waals surface area contributed by atoms with Gasteiger partial charge in [-0.2, -0.15) is 0 Å². The summed E-state index contributed by atoms with van der Waals surface area (Å²) in [5, 5.41) is 0.166. The quantitative estimate of drug-likeness (QED) is 0.114. The van der Waals surface area contributed by atoms with Gasteiger partial charge in [-0.1, -0.05) is 0 Å². The Morgan fingerprint density at radius 1 is 1.00 bits per heavy atom. The standard InChI is InChI=1S/C43H49F2N5O7/c1-10-55-39(53)28-22-48(8)38-26(37(28)52)15-23(19-47-38)27-20-46-30-16-25-31(49(9)40(54)57-42(5,6)7)17-29(44)35(45)33(25)34(30)36(27)50-14-11-24(21-50)43(12-13-43)18-32(51)56-41(2,3)4/h15,17,19-20,22,24H,10-14,16,18,21H2,1-9H3. The van der Waals surface area contributed by atoms with Gasteiger partial charge in [0, 0.05) is 80.5 Å². The van der Waals surface area contributed by atoms with E-state index in [4.69, 9.17) is 19.2 Å². The van der Waals surface area contributed by atoms with Crippen LogP contribution in [0.15, 0.2) is 35.5 Å². The Morgan fingerprint density at radius 3 is 2.35 bits per heavy atom. The molecule has 1 amide bonds. The van der Waals surface area contributed by atoms with Crippen molar-refractivity contribution in [3.8, 4) is 22.3 Å². The van der Waals surface area contributed by atoms with Crippen molar-refractivity contribution in [1.29, 1.82) is 0 Å². The molecule has 4 heterocycles. The molecule has 1 aromatic carbocycles. The highest BCUT2D eigenvalue weighted by Crippen LogP contribution is 2.59. The molecule has 12 nitrogen and oxygen atoms in total. The van der Waals surface area contributed by atoms with Gasteiger partial charge in [0.25, 0.3) is 0 Å². The third kappa shape index (κ3) is 7.46. The fourth-order valence-corrected chi connectivity index (χ4v) is 8.35. The molecule has 0 spiro atoms. The number of amides is 1. The summed E-state index contributed by atoms with van der Waals surface area (Å²) >= 11 is 0. The number of rotatable bonds is 8. The highest BCUT2D eigenvalue weighted by atomic mass is 19.2. The Morgan fingerprint density at radius 2 is 1.70 bits per heavy atom. The molecule has 3 aliphatic rings. The molecule has 1 saturated carbocycles. The van der Waals surface area contributed by atoms with Crippen LogP contribution in [0.3, 0.4) is 0 Å². The van der Waals surface area contributed by atoms with Crippen LogP contribution in [0.5, 0.6) is 0 Å². The third-order valence-corrected chi connectivity index (χ3v) is 11.1. The number of ether oxygens (including phenoxy) is 3. The van der Waals surface area contributed by atoms with Gasteiger partial charge in [0.15, 0.2) is 11.6 Å². The molecule has 4 aromatic rings. The number of carbonyl (C=O) groups excluding carboxylic acids is 3. The van der Waals surface area contributed by atoms with E-state index in [1.54, 1.807) is 57.8 Å². The van der Waals surface area contributed by atoms with E-state index in [1.165, 1.54) is 18.1 Å². The lowest BCUT2D eigenvalue weighted by Gasteiger charge is -2.28. The first-order valence-corrected chi connectivity index (χ1v) is 19.4. The lowest BCUT2D eigenvalue weighted by molar-refractivity contribution is -0.156. The molecule has 0 bridgehead atoms. The number of nitrogens with zero attached hydrogens (tertiary/aromatic N) is 5. The number of hydrogen-bond donors (Lipinski definition) is 0. The van der Waals surface area contributed by atoms with Gasteiger partial charge in [-0.05, 0) is 90.7 Å². The van der Waals surface area contributed by atoms with Crippen LogP contribution in [-0.2, 0) is 32.5 Å². The van der Waals surface area contributed by atoms with Crippen molar-refractivity contribution in [3.63, 3.8) is 0 Å². The lowest BCUT2D eigenvalue weighted by Crippen LogP contribution is -2.34. The fraction of sp³-hybridized carbons (Fsp3) is 0.488. The van der Waals surface area contributed by atoms with E-state index in [1.807, 2.05) is 20.8 Å². The van der Waals surface area contributed by atoms with Gasteiger partial charge in [-0.3, -0.25) is 19.5 Å². The Labute approximate surface area is 330 Å². The largest absolute Gasteiger partial charge is 0.462 e. The number of hydrogen-bond acceptors (Lipinski definition) is 10. The summed E-state index contributed by atoms with van der Waals surface area (Å²) in [5.41, 5.74) is 0.894. The first-order valence-electron chi connectivity index (χ1n) is 19.4. The molecule has 7 rings (SSSR count). The number of halogens is 2. The van der Waals surface area contributed by atoms with E-state index < -0.39 is 40.3 Å². The van der Waals surface area contributed by atoms with Crippen LogP contribution in [0, 0.1) is 23.0 Å². The van der Waals surface area contributed by atoms with Crippen molar-refractivity contribution >= 4 is 40.4 Å². The zero-order chi connectivity index (χ0) is 41.4. The maximum Gasteiger partial charge on any atom is 0.414 e. The summed E-state index contributed by atoms with van der Waals surface area (Å²) in [5.74, 6) is -3.12. The summed E-state index contributed by atoms with van der Waals surface area (Å²) in [6, 6.07) is 2.65. The second-order valence-corrected chi connectivity index (χ2v) is 17.5. The smallest absolute Gasteiger partial charge is 0.414 e. The van der Waals surface area contributed by atoms with Crippen molar-refractivity contribution in [1.82, 2.24) is 14.5 Å². The molecule has 1 atom stereocenters. The number of benzene rings is 1. The summed E-state index contributed by atoms with van der Waals surface area (Å²) < 4.78 is 50.3. The Bertz CT molecular complexity index is 2390. The number of pyridine rings is 3. The SMILES string of the molecule is CCOC(=O)c1cn(C)c2ncc(-c3cnc4c(c3N3CCC(C5(CC(=O)OC(C)(C)C)CC5)C3)-c3c(F)c(F)cc(N(C)C(=O)OC(C)(C)C)c3C4)cc2c1=O. The molecular weight excluding hydrogens is 736 g/mol. The van der Waals surface area contributed by atoms with Crippen molar-refractivity contribution < 1.29 is 37.4 Å². The van der Waals surface area contributed by atoms with E-state index in [0.29, 0.717) is 52.4 Å². The maximum absolute atomic E-state index is 16.4. The van der Waals surface area contributed by atoms with Gasteiger partial charge in [0.2, 0.25) is 5.43 Å². The molecule has 2 fully saturated rings.